The number of rotatable bonds is 5. The minimum absolute atomic E-state index is 0.248. The molecular weight excluding hydrogens is 250 g/mol. The van der Waals surface area contributed by atoms with Gasteiger partial charge in [-0.1, -0.05) is 36.5 Å². The Morgan fingerprint density at radius 1 is 1.25 bits per heavy atom. The van der Waals surface area contributed by atoms with Gasteiger partial charge in [0.05, 0.1) is 16.7 Å². The lowest BCUT2D eigenvalue weighted by Gasteiger charge is -2.11. The second-order valence-corrected chi connectivity index (χ2v) is 4.20. The van der Waals surface area contributed by atoms with Crippen LogP contribution in [0.25, 0.3) is 0 Å². The van der Waals surface area contributed by atoms with Gasteiger partial charge in [0.25, 0.3) is 0 Å². The molecule has 1 rings (SSSR count). The molecule has 0 aliphatic heterocycles. The maximum absolute atomic E-state index is 8.98. The van der Waals surface area contributed by atoms with Gasteiger partial charge in [-0.3, -0.25) is 0 Å². The van der Waals surface area contributed by atoms with Gasteiger partial charge in [0.15, 0.2) is 5.75 Å². The molecule has 0 aromatic heterocycles. The molecule has 0 saturated carbocycles. The summed E-state index contributed by atoms with van der Waals surface area (Å²) in [6.07, 6.45) is 1.93. The lowest BCUT2D eigenvalue weighted by molar-refractivity contribution is 0.310. The minimum Gasteiger partial charge on any atom is -0.490 e. The van der Waals surface area contributed by atoms with E-state index in [0.29, 0.717) is 12.4 Å². The minimum atomic E-state index is -1.58. The van der Waals surface area contributed by atoms with E-state index in [-0.39, 0.29) is 15.5 Å². The van der Waals surface area contributed by atoms with E-state index in [2.05, 4.69) is 6.92 Å². The molecule has 0 fully saturated rings. The summed E-state index contributed by atoms with van der Waals surface area (Å²) >= 11 is 11.9. The summed E-state index contributed by atoms with van der Waals surface area (Å²) in [5.41, 5.74) is 0.248. The van der Waals surface area contributed by atoms with Crippen molar-refractivity contribution in [2.75, 3.05) is 6.61 Å². The average molecular weight is 263 g/mol. The van der Waals surface area contributed by atoms with Gasteiger partial charge < -0.3 is 14.8 Å². The Kier molecular flexibility index (Phi) is 5.42. The average Bonchev–Trinajstić information content (AvgIpc) is 2.21. The first-order chi connectivity index (χ1) is 7.56. The number of ether oxygens (including phenoxy) is 1. The van der Waals surface area contributed by atoms with Gasteiger partial charge in [0.2, 0.25) is 0 Å². The summed E-state index contributed by atoms with van der Waals surface area (Å²) in [6, 6.07) is 2.86. The van der Waals surface area contributed by atoms with Crippen LogP contribution in [0, 0.1) is 0 Å². The molecule has 1 aromatic carbocycles. The molecular formula is C10H13BCl2O3. The van der Waals surface area contributed by atoms with Crippen molar-refractivity contribution in [2.45, 2.75) is 19.8 Å². The van der Waals surface area contributed by atoms with Gasteiger partial charge in [-0.15, -0.1) is 0 Å². The summed E-state index contributed by atoms with van der Waals surface area (Å²) in [5, 5.41) is 18.5. The van der Waals surface area contributed by atoms with E-state index in [0.717, 1.165) is 12.8 Å². The van der Waals surface area contributed by atoms with Crippen LogP contribution in [0.5, 0.6) is 5.75 Å². The van der Waals surface area contributed by atoms with Crippen molar-refractivity contribution >= 4 is 35.8 Å². The Balaban J connectivity index is 2.85. The highest BCUT2D eigenvalue weighted by Crippen LogP contribution is 2.31. The molecule has 16 heavy (non-hydrogen) atoms. The summed E-state index contributed by atoms with van der Waals surface area (Å²) in [4.78, 5) is 0. The fourth-order valence-corrected chi connectivity index (χ4v) is 1.80. The van der Waals surface area contributed by atoms with Crippen LogP contribution < -0.4 is 10.2 Å². The number of halogens is 2. The van der Waals surface area contributed by atoms with E-state index in [1.54, 1.807) is 0 Å². The highest BCUT2D eigenvalue weighted by Gasteiger charge is 2.16. The van der Waals surface area contributed by atoms with Crippen LogP contribution >= 0.6 is 23.2 Å². The highest BCUT2D eigenvalue weighted by molar-refractivity contribution is 6.59. The topological polar surface area (TPSA) is 49.7 Å². The molecule has 0 unspecified atom stereocenters. The zero-order valence-electron chi connectivity index (χ0n) is 8.91. The molecule has 0 spiro atoms. The molecule has 88 valence electrons. The maximum Gasteiger partial charge on any atom is 0.488 e. The van der Waals surface area contributed by atoms with Crippen molar-refractivity contribution < 1.29 is 14.8 Å². The predicted molar refractivity (Wildman–Crippen MR) is 66.7 cm³/mol. The zero-order valence-corrected chi connectivity index (χ0v) is 10.4. The van der Waals surface area contributed by atoms with Crippen LogP contribution in [0.3, 0.4) is 0 Å². The second-order valence-electron chi connectivity index (χ2n) is 3.39. The molecule has 0 heterocycles. The van der Waals surface area contributed by atoms with E-state index in [1.807, 2.05) is 0 Å². The fourth-order valence-electron chi connectivity index (χ4n) is 1.19. The van der Waals surface area contributed by atoms with Gasteiger partial charge in [-0.05, 0) is 24.0 Å². The summed E-state index contributed by atoms with van der Waals surface area (Å²) in [7, 11) is -1.58. The fraction of sp³-hybridized carbons (Fsp3) is 0.400. The summed E-state index contributed by atoms with van der Waals surface area (Å²) in [5.74, 6) is 0.390. The summed E-state index contributed by atoms with van der Waals surface area (Å²) in [6.45, 7) is 2.59. The maximum atomic E-state index is 8.98. The molecule has 0 radical (unpaired) electrons. The first-order valence-corrected chi connectivity index (χ1v) is 5.79. The van der Waals surface area contributed by atoms with Gasteiger partial charge in [0.1, 0.15) is 0 Å². The molecule has 0 aliphatic carbocycles. The van der Waals surface area contributed by atoms with Gasteiger partial charge in [0, 0.05) is 0 Å². The Labute approximate surface area is 105 Å². The molecule has 6 heteroatoms. The van der Waals surface area contributed by atoms with Crippen LogP contribution in [-0.4, -0.2) is 23.8 Å². The predicted octanol–water partition coefficient (Wildman–Crippen LogP) is 1.85. The van der Waals surface area contributed by atoms with Crippen molar-refractivity contribution in [2.24, 2.45) is 0 Å². The Hall–Kier alpha value is -0.415. The van der Waals surface area contributed by atoms with Crippen molar-refractivity contribution in [1.82, 2.24) is 0 Å². The van der Waals surface area contributed by atoms with Crippen LogP contribution in [0.4, 0.5) is 0 Å². The summed E-state index contributed by atoms with van der Waals surface area (Å²) < 4.78 is 5.42. The number of hydrogen-bond acceptors (Lipinski definition) is 3. The normalized spacial score (nSPS) is 10.3. The second kappa shape index (κ2) is 6.35. The molecule has 0 saturated heterocycles. The zero-order chi connectivity index (χ0) is 12.1. The standard InChI is InChI=1S/C10H13BCl2O3/c1-2-3-4-16-10-8(12)5-7(11(14)15)6-9(10)13/h5-6,14-15H,2-4H2,1H3. The van der Waals surface area contributed by atoms with Crippen LogP contribution in [0.15, 0.2) is 12.1 Å². The molecule has 0 aliphatic rings. The van der Waals surface area contributed by atoms with E-state index in [1.165, 1.54) is 12.1 Å². The largest absolute Gasteiger partial charge is 0.490 e. The van der Waals surface area contributed by atoms with Gasteiger partial charge in [-0.25, -0.2) is 0 Å². The van der Waals surface area contributed by atoms with Crippen LogP contribution in [0.1, 0.15) is 19.8 Å². The van der Waals surface area contributed by atoms with Crippen molar-refractivity contribution in [3.05, 3.63) is 22.2 Å². The highest BCUT2D eigenvalue weighted by atomic mass is 35.5. The number of hydrogen-bond donors (Lipinski definition) is 2. The third kappa shape index (κ3) is 3.56. The Bertz CT molecular complexity index is 335. The van der Waals surface area contributed by atoms with E-state index >= 15 is 0 Å². The third-order valence-corrected chi connectivity index (χ3v) is 2.62. The van der Waals surface area contributed by atoms with Crippen LogP contribution in [-0.2, 0) is 0 Å². The van der Waals surface area contributed by atoms with Crippen molar-refractivity contribution in [3.8, 4) is 5.75 Å². The molecule has 0 bridgehead atoms. The lowest BCUT2D eigenvalue weighted by atomic mass is 9.80. The molecule has 3 nitrogen and oxygen atoms in total. The van der Waals surface area contributed by atoms with Gasteiger partial charge >= 0.3 is 7.12 Å². The molecule has 0 atom stereocenters. The molecule has 2 N–H and O–H groups in total. The van der Waals surface area contributed by atoms with E-state index < -0.39 is 7.12 Å². The van der Waals surface area contributed by atoms with Crippen LogP contribution in [0.2, 0.25) is 10.0 Å². The Morgan fingerprint density at radius 3 is 2.25 bits per heavy atom. The SMILES string of the molecule is CCCCOc1c(Cl)cc(B(O)O)cc1Cl. The third-order valence-electron chi connectivity index (χ3n) is 2.06. The van der Waals surface area contributed by atoms with E-state index in [9.17, 15) is 0 Å². The van der Waals surface area contributed by atoms with Crippen molar-refractivity contribution in [3.63, 3.8) is 0 Å². The first kappa shape index (κ1) is 13.6. The lowest BCUT2D eigenvalue weighted by Crippen LogP contribution is -2.29. The molecule has 1 aromatic rings. The quantitative estimate of drug-likeness (QED) is 0.629. The number of unbranched alkanes of at least 4 members (excludes halogenated alkanes) is 1. The monoisotopic (exact) mass is 262 g/mol. The first-order valence-electron chi connectivity index (χ1n) is 5.04. The van der Waals surface area contributed by atoms with Crippen molar-refractivity contribution in [1.29, 1.82) is 0 Å². The Morgan fingerprint density at radius 2 is 1.81 bits per heavy atom. The van der Waals surface area contributed by atoms with E-state index in [4.69, 9.17) is 38.0 Å². The smallest absolute Gasteiger partial charge is 0.488 e. The van der Waals surface area contributed by atoms with Gasteiger partial charge in [-0.2, -0.15) is 0 Å². The number of benzene rings is 1. The molecule has 0 amide bonds.